The molecule has 0 aliphatic heterocycles. The van der Waals surface area contributed by atoms with Crippen molar-refractivity contribution in [3.8, 4) is 0 Å². The summed E-state index contributed by atoms with van der Waals surface area (Å²) in [5.41, 5.74) is 0. The summed E-state index contributed by atoms with van der Waals surface area (Å²) in [5, 5.41) is 8.66. The van der Waals surface area contributed by atoms with Gasteiger partial charge in [-0.1, -0.05) is 15.9 Å². The van der Waals surface area contributed by atoms with Crippen LogP contribution in [0.2, 0.25) is 0 Å². The highest BCUT2D eigenvalue weighted by Crippen LogP contribution is 2.29. The first-order chi connectivity index (χ1) is 4.89. The minimum atomic E-state index is -4.48. The van der Waals surface area contributed by atoms with Gasteiger partial charge in [0.1, 0.15) is 0 Å². The van der Waals surface area contributed by atoms with Crippen LogP contribution in [-0.2, 0) is 4.74 Å². The number of halogens is 4. The van der Waals surface area contributed by atoms with Gasteiger partial charge in [-0.3, -0.25) is 0 Å². The van der Waals surface area contributed by atoms with Crippen LogP contribution in [0.25, 0.3) is 0 Å². The molecule has 0 aromatic rings. The summed E-state index contributed by atoms with van der Waals surface area (Å²) >= 11 is 2.26. The molecule has 6 heteroatoms. The molecule has 0 heterocycles. The summed E-state index contributed by atoms with van der Waals surface area (Å²) in [5.74, 6) is 0. The van der Waals surface area contributed by atoms with Crippen molar-refractivity contribution < 1.29 is 23.0 Å². The molecule has 0 rings (SSSR count). The molecule has 0 saturated heterocycles. The number of hydrogen-bond acceptors (Lipinski definition) is 2. The van der Waals surface area contributed by atoms with E-state index >= 15 is 0 Å². The molecule has 2 unspecified atom stereocenters. The quantitative estimate of drug-likeness (QED) is 0.597. The molecule has 0 fully saturated rings. The molecule has 0 bridgehead atoms. The van der Waals surface area contributed by atoms with Gasteiger partial charge in [-0.2, -0.15) is 13.2 Å². The molecule has 0 amide bonds. The maximum absolute atomic E-state index is 11.7. The second-order valence-corrected chi connectivity index (χ2v) is 2.78. The number of aliphatic hydroxyl groups excluding tert-OH is 1. The molecule has 0 aliphatic carbocycles. The van der Waals surface area contributed by atoms with Crippen molar-refractivity contribution in [1.29, 1.82) is 0 Å². The van der Waals surface area contributed by atoms with E-state index < -0.39 is 17.3 Å². The number of aliphatic hydroxyl groups is 1. The van der Waals surface area contributed by atoms with Gasteiger partial charge in [0.05, 0.1) is 0 Å². The van der Waals surface area contributed by atoms with E-state index in [1.54, 1.807) is 0 Å². The Morgan fingerprint density at radius 2 is 2.00 bits per heavy atom. The van der Waals surface area contributed by atoms with Crippen LogP contribution >= 0.6 is 15.9 Å². The van der Waals surface area contributed by atoms with E-state index in [1.165, 1.54) is 6.92 Å². The van der Waals surface area contributed by atoms with Crippen molar-refractivity contribution in [2.24, 2.45) is 0 Å². The molecule has 0 aromatic heterocycles. The van der Waals surface area contributed by atoms with E-state index in [-0.39, 0.29) is 6.61 Å². The van der Waals surface area contributed by atoms with Gasteiger partial charge in [0.2, 0.25) is 0 Å². The van der Waals surface area contributed by atoms with Crippen LogP contribution in [0, 0.1) is 0 Å². The van der Waals surface area contributed by atoms with Crippen LogP contribution in [0.4, 0.5) is 13.2 Å². The standard InChI is InChI=1S/C5H8BrF3O2/c1-2-11-4(10)3(6)5(7,8)9/h3-4,10H,2H2,1H3. The average molecular weight is 237 g/mol. The highest BCUT2D eigenvalue weighted by atomic mass is 79.9. The zero-order valence-electron chi connectivity index (χ0n) is 5.73. The third-order valence-electron chi connectivity index (χ3n) is 0.900. The third-order valence-corrected chi connectivity index (χ3v) is 1.87. The Labute approximate surface area is 70.5 Å². The maximum Gasteiger partial charge on any atom is 0.406 e. The van der Waals surface area contributed by atoms with E-state index in [4.69, 9.17) is 5.11 Å². The van der Waals surface area contributed by atoms with Crippen LogP contribution in [0.5, 0.6) is 0 Å². The largest absolute Gasteiger partial charge is 0.406 e. The number of ether oxygens (including phenoxy) is 1. The van der Waals surface area contributed by atoms with Crippen molar-refractivity contribution in [3.05, 3.63) is 0 Å². The fourth-order valence-electron chi connectivity index (χ4n) is 0.417. The molecular weight excluding hydrogens is 229 g/mol. The van der Waals surface area contributed by atoms with E-state index in [0.29, 0.717) is 0 Å². The second-order valence-electron chi connectivity index (χ2n) is 1.79. The Morgan fingerprint density at radius 1 is 1.55 bits per heavy atom. The molecule has 0 radical (unpaired) electrons. The van der Waals surface area contributed by atoms with E-state index in [1.807, 2.05) is 0 Å². The first kappa shape index (κ1) is 11.2. The summed E-state index contributed by atoms with van der Waals surface area (Å²) in [6, 6.07) is 0. The van der Waals surface area contributed by atoms with Gasteiger partial charge in [-0.05, 0) is 6.92 Å². The third kappa shape index (κ3) is 3.93. The molecule has 0 aliphatic rings. The number of rotatable bonds is 3. The van der Waals surface area contributed by atoms with Crippen LogP contribution < -0.4 is 0 Å². The number of hydrogen-bond donors (Lipinski definition) is 1. The van der Waals surface area contributed by atoms with Crippen LogP contribution in [0.15, 0.2) is 0 Å². The predicted molar refractivity (Wildman–Crippen MR) is 36.4 cm³/mol. The first-order valence-electron chi connectivity index (χ1n) is 2.90. The van der Waals surface area contributed by atoms with Gasteiger partial charge in [0, 0.05) is 6.61 Å². The smallest absolute Gasteiger partial charge is 0.367 e. The molecule has 68 valence electrons. The Morgan fingerprint density at radius 3 is 2.27 bits per heavy atom. The second kappa shape index (κ2) is 4.27. The summed E-state index contributed by atoms with van der Waals surface area (Å²) < 4.78 is 39.5. The lowest BCUT2D eigenvalue weighted by Crippen LogP contribution is -2.36. The van der Waals surface area contributed by atoms with Gasteiger partial charge in [-0.15, -0.1) is 0 Å². The molecule has 2 nitrogen and oxygen atoms in total. The van der Waals surface area contributed by atoms with E-state index in [9.17, 15) is 13.2 Å². The van der Waals surface area contributed by atoms with Crippen LogP contribution in [0.3, 0.4) is 0 Å². The molecular formula is C5H8BrF3O2. The zero-order valence-corrected chi connectivity index (χ0v) is 7.32. The topological polar surface area (TPSA) is 29.5 Å². The zero-order chi connectivity index (χ0) is 9.07. The SMILES string of the molecule is CCOC(O)C(Br)C(F)(F)F. The van der Waals surface area contributed by atoms with Gasteiger partial charge < -0.3 is 9.84 Å². The molecule has 0 spiro atoms. The van der Waals surface area contributed by atoms with Crippen molar-refractivity contribution in [3.63, 3.8) is 0 Å². The number of alkyl halides is 4. The summed E-state index contributed by atoms with van der Waals surface area (Å²) in [6.07, 6.45) is -6.31. The lowest BCUT2D eigenvalue weighted by atomic mass is 10.4. The normalized spacial score (nSPS) is 18.0. The summed E-state index contributed by atoms with van der Waals surface area (Å²) in [6.45, 7) is 1.54. The molecule has 11 heavy (non-hydrogen) atoms. The Kier molecular flexibility index (Phi) is 4.35. The van der Waals surface area contributed by atoms with E-state index in [0.717, 1.165) is 0 Å². The minimum Gasteiger partial charge on any atom is -0.367 e. The van der Waals surface area contributed by atoms with Gasteiger partial charge in [0.25, 0.3) is 0 Å². The van der Waals surface area contributed by atoms with Gasteiger partial charge >= 0.3 is 6.18 Å². The van der Waals surface area contributed by atoms with Gasteiger partial charge in [0.15, 0.2) is 11.1 Å². The molecule has 0 aromatic carbocycles. The lowest BCUT2D eigenvalue weighted by Gasteiger charge is -2.19. The molecule has 0 saturated carbocycles. The van der Waals surface area contributed by atoms with Crippen molar-refractivity contribution in [2.45, 2.75) is 24.2 Å². The summed E-state index contributed by atoms with van der Waals surface area (Å²) in [4.78, 5) is -2.02. The highest BCUT2D eigenvalue weighted by molar-refractivity contribution is 9.09. The Balaban J connectivity index is 3.91. The van der Waals surface area contributed by atoms with Crippen molar-refractivity contribution >= 4 is 15.9 Å². The van der Waals surface area contributed by atoms with Crippen LogP contribution in [0.1, 0.15) is 6.92 Å². The fraction of sp³-hybridized carbons (Fsp3) is 1.00. The lowest BCUT2D eigenvalue weighted by molar-refractivity contribution is -0.193. The monoisotopic (exact) mass is 236 g/mol. The Hall–Kier alpha value is 0.190. The van der Waals surface area contributed by atoms with E-state index in [2.05, 4.69) is 20.7 Å². The summed E-state index contributed by atoms with van der Waals surface area (Å²) in [7, 11) is 0. The maximum atomic E-state index is 11.7. The predicted octanol–water partition coefficient (Wildman–Crippen LogP) is 1.67. The average Bonchev–Trinajstić information content (AvgIpc) is 1.85. The van der Waals surface area contributed by atoms with Gasteiger partial charge in [-0.25, -0.2) is 0 Å². The first-order valence-corrected chi connectivity index (χ1v) is 3.81. The Bertz CT molecular complexity index is 117. The minimum absolute atomic E-state index is 0.0410. The van der Waals surface area contributed by atoms with Crippen molar-refractivity contribution in [1.82, 2.24) is 0 Å². The molecule has 1 N–H and O–H groups in total. The molecule has 2 atom stereocenters. The van der Waals surface area contributed by atoms with Crippen LogP contribution in [-0.4, -0.2) is 29.0 Å². The van der Waals surface area contributed by atoms with Crippen molar-refractivity contribution in [2.75, 3.05) is 6.61 Å². The highest BCUT2D eigenvalue weighted by Gasteiger charge is 2.43. The fourth-order valence-corrected chi connectivity index (χ4v) is 0.570.